The molecule has 1 amide bonds. The molecule has 0 spiro atoms. The Balaban J connectivity index is 1.92. The van der Waals surface area contributed by atoms with E-state index in [1.165, 1.54) is 0 Å². The maximum absolute atomic E-state index is 12.4. The molecule has 2 N–H and O–H groups in total. The number of aromatic nitrogens is 2. The van der Waals surface area contributed by atoms with E-state index in [4.69, 9.17) is 5.73 Å². The monoisotopic (exact) mass is 265 g/mol. The van der Waals surface area contributed by atoms with Crippen LogP contribution < -0.4 is 5.73 Å². The van der Waals surface area contributed by atoms with Gasteiger partial charge in [0.25, 0.3) is 5.91 Å². The molecular formula is C13H23N5O. The Labute approximate surface area is 114 Å². The number of carbonyl (C=O) groups excluding carboxylic acids is 1. The first-order valence-electron chi connectivity index (χ1n) is 6.92. The van der Waals surface area contributed by atoms with Crippen LogP contribution in [0, 0.1) is 0 Å². The van der Waals surface area contributed by atoms with Gasteiger partial charge in [-0.3, -0.25) is 9.48 Å². The van der Waals surface area contributed by atoms with E-state index in [2.05, 4.69) is 10.00 Å². The number of amides is 1. The van der Waals surface area contributed by atoms with Crippen LogP contribution in [0.2, 0.25) is 0 Å². The van der Waals surface area contributed by atoms with E-state index in [0.717, 1.165) is 52.1 Å². The summed E-state index contributed by atoms with van der Waals surface area (Å²) in [5, 5.41) is 4.06. The third-order valence-electron chi connectivity index (χ3n) is 3.59. The molecule has 1 fully saturated rings. The van der Waals surface area contributed by atoms with Gasteiger partial charge < -0.3 is 15.5 Å². The highest BCUT2D eigenvalue weighted by atomic mass is 16.2. The van der Waals surface area contributed by atoms with Gasteiger partial charge in [0.1, 0.15) is 5.69 Å². The van der Waals surface area contributed by atoms with Crippen LogP contribution in [0.4, 0.5) is 0 Å². The summed E-state index contributed by atoms with van der Waals surface area (Å²) in [6.45, 7) is 5.36. The van der Waals surface area contributed by atoms with Gasteiger partial charge in [-0.25, -0.2) is 0 Å². The van der Waals surface area contributed by atoms with Gasteiger partial charge in [-0.2, -0.15) is 5.10 Å². The SMILES string of the molecule is Cn1nccc1C(=O)N1CCCN(CCCN)CC1. The summed E-state index contributed by atoms with van der Waals surface area (Å²) in [6.07, 6.45) is 3.71. The fourth-order valence-corrected chi connectivity index (χ4v) is 2.46. The quantitative estimate of drug-likeness (QED) is 0.826. The third-order valence-corrected chi connectivity index (χ3v) is 3.59. The second kappa shape index (κ2) is 6.68. The minimum atomic E-state index is 0.0840. The Morgan fingerprint density at radius 1 is 1.37 bits per heavy atom. The molecule has 6 nitrogen and oxygen atoms in total. The van der Waals surface area contributed by atoms with E-state index >= 15 is 0 Å². The van der Waals surface area contributed by atoms with Crippen molar-refractivity contribution in [2.24, 2.45) is 12.8 Å². The number of rotatable bonds is 4. The molecule has 1 aromatic rings. The molecule has 0 saturated carbocycles. The third kappa shape index (κ3) is 3.54. The number of aryl methyl sites for hydroxylation is 1. The van der Waals surface area contributed by atoms with Crippen molar-refractivity contribution in [3.8, 4) is 0 Å². The van der Waals surface area contributed by atoms with Crippen molar-refractivity contribution < 1.29 is 4.79 Å². The van der Waals surface area contributed by atoms with Crippen LogP contribution in [-0.4, -0.2) is 64.8 Å². The normalized spacial score (nSPS) is 17.5. The molecule has 0 radical (unpaired) electrons. The Kier molecular flexibility index (Phi) is 4.93. The van der Waals surface area contributed by atoms with Crippen LogP contribution in [0.25, 0.3) is 0 Å². The van der Waals surface area contributed by atoms with Crippen LogP contribution in [0.15, 0.2) is 12.3 Å². The molecule has 0 atom stereocenters. The van der Waals surface area contributed by atoms with E-state index in [0.29, 0.717) is 5.69 Å². The van der Waals surface area contributed by atoms with Crippen LogP contribution in [0.1, 0.15) is 23.3 Å². The Morgan fingerprint density at radius 3 is 2.89 bits per heavy atom. The first-order valence-corrected chi connectivity index (χ1v) is 6.92. The summed E-state index contributed by atoms with van der Waals surface area (Å²) in [5.74, 6) is 0.0840. The Hall–Kier alpha value is -1.40. The lowest BCUT2D eigenvalue weighted by atomic mass is 10.3. The van der Waals surface area contributed by atoms with Crippen molar-refractivity contribution >= 4 is 5.91 Å². The van der Waals surface area contributed by atoms with Gasteiger partial charge in [0.15, 0.2) is 0 Å². The summed E-state index contributed by atoms with van der Waals surface area (Å²) < 4.78 is 1.64. The highest BCUT2D eigenvalue weighted by Gasteiger charge is 2.21. The summed E-state index contributed by atoms with van der Waals surface area (Å²) in [7, 11) is 1.80. The second-order valence-electron chi connectivity index (χ2n) is 4.97. The lowest BCUT2D eigenvalue weighted by Gasteiger charge is -2.21. The van der Waals surface area contributed by atoms with Crippen molar-refractivity contribution in [3.63, 3.8) is 0 Å². The maximum atomic E-state index is 12.4. The number of nitrogens with zero attached hydrogens (tertiary/aromatic N) is 4. The van der Waals surface area contributed by atoms with E-state index < -0.39 is 0 Å². The first kappa shape index (κ1) is 14.0. The van der Waals surface area contributed by atoms with E-state index in [9.17, 15) is 4.79 Å². The molecule has 0 aromatic carbocycles. The van der Waals surface area contributed by atoms with Crippen molar-refractivity contribution in [1.82, 2.24) is 19.6 Å². The van der Waals surface area contributed by atoms with Gasteiger partial charge in [0, 0.05) is 32.9 Å². The van der Waals surface area contributed by atoms with Gasteiger partial charge in [0.05, 0.1) is 0 Å². The summed E-state index contributed by atoms with van der Waals surface area (Å²) in [4.78, 5) is 16.7. The summed E-state index contributed by atoms with van der Waals surface area (Å²) in [6, 6.07) is 1.78. The van der Waals surface area contributed by atoms with Gasteiger partial charge in [-0.05, 0) is 38.5 Å². The van der Waals surface area contributed by atoms with Crippen molar-refractivity contribution in [2.75, 3.05) is 39.3 Å². The largest absolute Gasteiger partial charge is 0.336 e. The molecule has 1 aliphatic heterocycles. The number of carbonyl (C=O) groups is 1. The zero-order chi connectivity index (χ0) is 13.7. The molecule has 0 bridgehead atoms. The standard InChI is InChI=1S/C13H23N5O/c1-16-12(4-6-15-16)13(19)18-9-3-8-17(10-11-18)7-2-5-14/h4,6H,2-3,5,7-11,14H2,1H3. The number of nitrogens with two attached hydrogens (primary N) is 1. The predicted molar refractivity (Wildman–Crippen MR) is 73.8 cm³/mol. The van der Waals surface area contributed by atoms with Crippen molar-refractivity contribution in [1.29, 1.82) is 0 Å². The molecular weight excluding hydrogens is 242 g/mol. The lowest BCUT2D eigenvalue weighted by Crippen LogP contribution is -2.36. The molecule has 106 valence electrons. The van der Waals surface area contributed by atoms with Crippen molar-refractivity contribution in [3.05, 3.63) is 18.0 Å². The predicted octanol–water partition coefficient (Wildman–Crippen LogP) is -0.0832. The molecule has 1 aliphatic rings. The Morgan fingerprint density at radius 2 is 2.21 bits per heavy atom. The average Bonchev–Trinajstić information content (AvgIpc) is 2.71. The van der Waals surface area contributed by atoms with E-state index in [1.807, 2.05) is 4.90 Å². The number of hydrogen-bond donors (Lipinski definition) is 1. The van der Waals surface area contributed by atoms with E-state index in [-0.39, 0.29) is 5.91 Å². The Bertz CT molecular complexity index is 417. The molecule has 6 heteroatoms. The average molecular weight is 265 g/mol. The molecule has 0 unspecified atom stereocenters. The maximum Gasteiger partial charge on any atom is 0.272 e. The van der Waals surface area contributed by atoms with Crippen LogP contribution in [0.3, 0.4) is 0 Å². The highest BCUT2D eigenvalue weighted by Crippen LogP contribution is 2.08. The van der Waals surface area contributed by atoms with Crippen LogP contribution in [0.5, 0.6) is 0 Å². The van der Waals surface area contributed by atoms with Gasteiger partial charge in [0.2, 0.25) is 0 Å². The minimum Gasteiger partial charge on any atom is -0.336 e. The molecule has 19 heavy (non-hydrogen) atoms. The zero-order valence-corrected chi connectivity index (χ0v) is 11.6. The zero-order valence-electron chi connectivity index (χ0n) is 11.6. The highest BCUT2D eigenvalue weighted by molar-refractivity contribution is 5.92. The van der Waals surface area contributed by atoms with E-state index in [1.54, 1.807) is 24.0 Å². The van der Waals surface area contributed by atoms with Gasteiger partial charge in [-0.1, -0.05) is 0 Å². The smallest absolute Gasteiger partial charge is 0.272 e. The lowest BCUT2D eigenvalue weighted by molar-refractivity contribution is 0.0750. The van der Waals surface area contributed by atoms with Crippen molar-refractivity contribution in [2.45, 2.75) is 12.8 Å². The molecule has 0 aliphatic carbocycles. The van der Waals surface area contributed by atoms with Crippen LogP contribution in [-0.2, 0) is 7.05 Å². The second-order valence-corrected chi connectivity index (χ2v) is 4.97. The fraction of sp³-hybridized carbons (Fsp3) is 0.692. The van der Waals surface area contributed by atoms with Gasteiger partial charge in [-0.15, -0.1) is 0 Å². The summed E-state index contributed by atoms with van der Waals surface area (Å²) in [5.41, 5.74) is 6.20. The number of hydrogen-bond acceptors (Lipinski definition) is 4. The topological polar surface area (TPSA) is 67.4 Å². The molecule has 1 aromatic heterocycles. The fourth-order valence-electron chi connectivity index (χ4n) is 2.46. The molecule has 2 rings (SSSR count). The molecule has 2 heterocycles. The van der Waals surface area contributed by atoms with Crippen LogP contribution >= 0.6 is 0 Å². The minimum absolute atomic E-state index is 0.0840. The first-order chi connectivity index (χ1) is 9.22. The summed E-state index contributed by atoms with van der Waals surface area (Å²) >= 11 is 0. The molecule has 1 saturated heterocycles. The van der Waals surface area contributed by atoms with Gasteiger partial charge >= 0.3 is 0 Å².